The minimum atomic E-state index is -4.59. The summed E-state index contributed by atoms with van der Waals surface area (Å²) in [5.41, 5.74) is 0. The molecule has 0 radical (unpaired) electrons. The molecule has 0 aliphatic carbocycles. The molecule has 314 valence electrons. The Morgan fingerprint density at radius 1 is 0.642 bits per heavy atom. The number of aliphatic hydroxyl groups is 1. The molecule has 0 saturated heterocycles. The van der Waals surface area contributed by atoms with Gasteiger partial charge in [0.25, 0.3) is 7.82 Å². The second kappa shape index (κ2) is 36.6. The number of rotatable bonds is 40. The molecule has 0 aliphatic rings. The normalized spacial score (nSPS) is 14.6. The first-order chi connectivity index (χ1) is 25.5. The molecule has 0 aromatic rings. The number of carbonyl (C=O) groups excluding carboxylic acids is 1. The predicted octanol–water partition coefficient (Wildman–Crippen LogP) is 11.5. The smallest absolute Gasteiger partial charge is 0.268 e. The Hall–Kier alpha value is -1.02. The molecule has 0 aliphatic heterocycles. The van der Waals surface area contributed by atoms with Gasteiger partial charge in [-0.25, -0.2) is 0 Å². The van der Waals surface area contributed by atoms with Gasteiger partial charge in [0, 0.05) is 6.42 Å². The second-order valence-corrected chi connectivity index (χ2v) is 17.8. The topological polar surface area (TPSA) is 108 Å². The summed E-state index contributed by atoms with van der Waals surface area (Å²) in [7, 11) is 1.25. The van der Waals surface area contributed by atoms with Gasteiger partial charge in [0.15, 0.2) is 0 Å². The predicted molar refractivity (Wildman–Crippen MR) is 224 cm³/mol. The van der Waals surface area contributed by atoms with Crippen molar-refractivity contribution in [2.45, 2.75) is 212 Å². The number of hydrogen-bond donors (Lipinski definition) is 2. The fourth-order valence-corrected chi connectivity index (χ4v) is 7.07. The van der Waals surface area contributed by atoms with Gasteiger partial charge in [-0.15, -0.1) is 0 Å². The third-order valence-electron chi connectivity index (χ3n) is 9.91. The van der Waals surface area contributed by atoms with E-state index >= 15 is 0 Å². The van der Waals surface area contributed by atoms with E-state index in [1.165, 1.54) is 141 Å². The monoisotopic (exact) mass is 771 g/mol. The lowest BCUT2D eigenvalue weighted by Crippen LogP contribution is -2.45. The number of aliphatic hydroxyl groups excluding tert-OH is 1. The highest BCUT2D eigenvalue weighted by Gasteiger charge is 2.23. The standard InChI is InChI=1S/C44H87N2O6P/c1-6-8-10-12-14-16-18-20-22-23-24-26-28-30-32-34-36-38-44(48)45-42(41-52-53(49,50)51-40-39-46(3,4)5)43(47)37-35-33-31-29-27-25-21-19-17-15-13-11-9-7-2/h27,29,35,37,42-43,47H,6-26,28,30-34,36,38-41H2,1-5H3,(H-,45,48,49,50)/b29-27+,37-35+. The Kier molecular flexibility index (Phi) is 35.9. The second-order valence-electron chi connectivity index (χ2n) is 16.4. The molecule has 0 aromatic carbocycles. The molecule has 0 heterocycles. The summed E-state index contributed by atoms with van der Waals surface area (Å²) in [6.45, 7) is 4.62. The Morgan fingerprint density at radius 3 is 1.53 bits per heavy atom. The lowest BCUT2D eigenvalue weighted by molar-refractivity contribution is -0.870. The summed E-state index contributed by atoms with van der Waals surface area (Å²) < 4.78 is 23.2. The summed E-state index contributed by atoms with van der Waals surface area (Å²) in [5, 5.41) is 13.7. The number of amides is 1. The number of phosphoric ester groups is 1. The number of likely N-dealkylation sites (N-methyl/N-ethyl adjacent to an activating group) is 1. The first-order valence-electron chi connectivity index (χ1n) is 22.2. The van der Waals surface area contributed by atoms with E-state index in [1.54, 1.807) is 6.08 Å². The van der Waals surface area contributed by atoms with Crippen molar-refractivity contribution in [3.8, 4) is 0 Å². The fraction of sp³-hybridized carbons (Fsp3) is 0.886. The number of phosphoric acid groups is 1. The average Bonchev–Trinajstić information content (AvgIpc) is 3.10. The van der Waals surface area contributed by atoms with Crippen LogP contribution in [0, 0.1) is 0 Å². The van der Waals surface area contributed by atoms with E-state index < -0.39 is 20.0 Å². The molecule has 8 nitrogen and oxygen atoms in total. The van der Waals surface area contributed by atoms with Gasteiger partial charge in [0.1, 0.15) is 13.2 Å². The summed E-state index contributed by atoms with van der Waals surface area (Å²) >= 11 is 0. The molecular formula is C44H87N2O6P. The van der Waals surface area contributed by atoms with E-state index in [2.05, 4.69) is 31.3 Å². The van der Waals surface area contributed by atoms with Crippen molar-refractivity contribution in [1.82, 2.24) is 5.32 Å². The largest absolute Gasteiger partial charge is 0.756 e. The third kappa shape index (κ3) is 39.0. The van der Waals surface area contributed by atoms with Crippen molar-refractivity contribution < 1.29 is 32.9 Å². The summed E-state index contributed by atoms with van der Waals surface area (Å²) in [4.78, 5) is 25.3. The molecule has 0 saturated carbocycles. The SMILES string of the molecule is CCCCCCCCCC/C=C/CC/C=C/C(O)C(COP(=O)([O-])OCC[N+](C)(C)C)NC(=O)CCCCCCCCCCCCCCCCCCC. The van der Waals surface area contributed by atoms with Crippen LogP contribution in [0.15, 0.2) is 24.3 Å². The van der Waals surface area contributed by atoms with Gasteiger partial charge < -0.3 is 28.8 Å². The molecule has 0 rings (SSSR count). The summed E-state index contributed by atoms with van der Waals surface area (Å²) in [6.07, 6.45) is 42.2. The Bertz CT molecular complexity index is 922. The number of nitrogens with zero attached hydrogens (tertiary/aromatic N) is 1. The number of carbonyl (C=O) groups is 1. The van der Waals surface area contributed by atoms with Crippen LogP contribution in [0.2, 0.25) is 0 Å². The average molecular weight is 771 g/mol. The molecule has 1 amide bonds. The van der Waals surface area contributed by atoms with Crippen LogP contribution in [0.5, 0.6) is 0 Å². The quantitative estimate of drug-likeness (QED) is 0.0278. The number of nitrogens with one attached hydrogen (secondary N) is 1. The van der Waals surface area contributed by atoms with Gasteiger partial charge in [0.05, 0.1) is 39.9 Å². The molecule has 2 N–H and O–H groups in total. The van der Waals surface area contributed by atoms with Crippen LogP contribution in [0.4, 0.5) is 0 Å². The Labute approximate surface area is 328 Å². The van der Waals surface area contributed by atoms with Crippen molar-refractivity contribution in [2.75, 3.05) is 40.9 Å². The van der Waals surface area contributed by atoms with Crippen LogP contribution in [-0.2, 0) is 18.4 Å². The third-order valence-corrected chi connectivity index (χ3v) is 10.9. The minimum Gasteiger partial charge on any atom is -0.756 e. The van der Waals surface area contributed by atoms with E-state index in [-0.39, 0.29) is 19.1 Å². The zero-order valence-corrected chi connectivity index (χ0v) is 36.4. The Balaban J connectivity index is 4.44. The maximum atomic E-state index is 12.8. The number of quaternary nitrogens is 1. The maximum Gasteiger partial charge on any atom is 0.268 e. The highest BCUT2D eigenvalue weighted by Crippen LogP contribution is 2.38. The van der Waals surface area contributed by atoms with Crippen molar-refractivity contribution in [3.63, 3.8) is 0 Å². The van der Waals surface area contributed by atoms with E-state index in [1.807, 2.05) is 27.2 Å². The van der Waals surface area contributed by atoms with Crippen LogP contribution < -0.4 is 10.2 Å². The van der Waals surface area contributed by atoms with Gasteiger partial charge in [-0.05, 0) is 32.1 Å². The van der Waals surface area contributed by atoms with Crippen LogP contribution in [0.3, 0.4) is 0 Å². The molecule has 9 heteroatoms. The van der Waals surface area contributed by atoms with E-state index in [0.29, 0.717) is 17.4 Å². The molecule has 0 fully saturated rings. The first-order valence-corrected chi connectivity index (χ1v) is 23.7. The van der Waals surface area contributed by atoms with E-state index in [4.69, 9.17) is 9.05 Å². The van der Waals surface area contributed by atoms with Crippen LogP contribution >= 0.6 is 7.82 Å². The van der Waals surface area contributed by atoms with Crippen molar-refractivity contribution in [2.24, 2.45) is 0 Å². The molecular weight excluding hydrogens is 683 g/mol. The zero-order valence-electron chi connectivity index (χ0n) is 35.5. The van der Waals surface area contributed by atoms with E-state index in [0.717, 1.165) is 38.5 Å². The van der Waals surface area contributed by atoms with Crippen molar-refractivity contribution >= 4 is 13.7 Å². The van der Waals surface area contributed by atoms with Gasteiger partial charge >= 0.3 is 0 Å². The lowest BCUT2D eigenvalue weighted by atomic mass is 10.0. The Morgan fingerprint density at radius 2 is 1.06 bits per heavy atom. The molecule has 0 bridgehead atoms. The zero-order chi connectivity index (χ0) is 39.3. The molecule has 0 spiro atoms. The highest BCUT2D eigenvalue weighted by molar-refractivity contribution is 7.45. The summed E-state index contributed by atoms with van der Waals surface area (Å²) in [6, 6.07) is -0.897. The maximum absolute atomic E-state index is 12.8. The van der Waals surface area contributed by atoms with Gasteiger partial charge in [-0.2, -0.15) is 0 Å². The van der Waals surface area contributed by atoms with Crippen LogP contribution in [0.1, 0.15) is 200 Å². The molecule has 53 heavy (non-hydrogen) atoms. The van der Waals surface area contributed by atoms with Crippen molar-refractivity contribution in [1.29, 1.82) is 0 Å². The molecule has 3 atom stereocenters. The fourth-order valence-electron chi connectivity index (χ4n) is 6.34. The number of allylic oxidation sites excluding steroid dienone is 3. The van der Waals surface area contributed by atoms with Crippen LogP contribution in [-0.4, -0.2) is 68.5 Å². The van der Waals surface area contributed by atoms with Gasteiger partial charge in [-0.3, -0.25) is 9.36 Å². The highest BCUT2D eigenvalue weighted by atomic mass is 31.2. The lowest BCUT2D eigenvalue weighted by Gasteiger charge is -2.29. The number of hydrogen-bond acceptors (Lipinski definition) is 6. The molecule has 3 unspecified atom stereocenters. The first kappa shape index (κ1) is 52.0. The van der Waals surface area contributed by atoms with Crippen LogP contribution in [0.25, 0.3) is 0 Å². The van der Waals surface area contributed by atoms with Crippen molar-refractivity contribution in [3.05, 3.63) is 24.3 Å². The van der Waals surface area contributed by atoms with Gasteiger partial charge in [-0.1, -0.05) is 186 Å². The van der Waals surface area contributed by atoms with Gasteiger partial charge in [0.2, 0.25) is 5.91 Å². The number of unbranched alkanes of at least 4 members (excludes halogenated alkanes) is 25. The summed E-state index contributed by atoms with van der Waals surface area (Å²) in [5.74, 6) is -0.206. The molecule has 0 aromatic heterocycles. The van der Waals surface area contributed by atoms with E-state index in [9.17, 15) is 19.4 Å². The minimum absolute atomic E-state index is 0.00433.